The molecule has 138 valence electrons. The Morgan fingerprint density at radius 1 is 1.15 bits per heavy atom. The Hall–Kier alpha value is -2.63. The van der Waals surface area contributed by atoms with Gasteiger partial charge in [0.25, 0.3) is 0 Å². The molecule has 1 N–H and O–H groups in total. The number of aromatic nitrogens is 1. The molecular formula is C20H25N3O3. The van der Waals surface area contributed by atoms with Crippen LogP contribution in [0, 0.1) is 18.8 Å². The highest BCUT2D eigenvalue weighted by molar-refractivity contribution is 5.95. The Morgan fingerprint density at radius 2 is 1.81 bits per heavy atom. The fourth-order valence-electron chi connectivity index (χ4n) is 3.55. The van der Waals surface area contributed by atoms with Crippen LogP contribution >= 0.6 is 0 Å². The van der Waals surface area contributed by atoms with Crippen LogP contribution in [0.3, 0.4) is 0 Å². The normalized spacial score (nSPS) is 19.8. The lowest BCUT2D eigenvalue weighted by molar-refractivity contribution is -0.126. The van der Waals surface area contributed by atoms with Gasteiger partial charge in [-0.3, -0.25) is 9.59 Å². The van der Waals surface area contributed by atoms with Crippen LogP contribution in [0.4, 0.5) is 11.5 Å². The van der Waals surface area contributed by atoms with Crippen molar-refractivity contribution in [3.8, 4) is 0 Å². The first-order valence-electron chi connectivity index (χ1n) is 9.19. The van der Waals surface area contributed by atoms with E-state index in [1.54, 1.807) is 13.0 Å². The second kappa shape index (κ2) is 8.17. The van der Waals surface area contributed by atoms with Crippen molar-refractivity contribution in [2.45, 2.75) is 39.5 Å². The van der Waals surface area contributed by atoms with E-state index >= 15 is 0 Å². The molecule has 0 saturated heterocycles. The zero-order chi connectivity index (χ0) is 18.5. The molecule has 1 aromatic heterocycles. The molecule has 0 spiro atoms. The molecule has 0 bridgehead atoms. The summed E-state index contributed by atoms with van der Waals surface area (Å²) in [6, 6.07) is 11.4. The van der Waals surface area contributed by atoms with Crippen molar-refractivity contribution in [1.29, 1.82) is 0 Å². The first-order chi connectivity index (χ1) is 12.6. The lowest BCUT2D eigenvalue weighted by Gasteiger charge is -2.31. The zero-order valence-electron chi connectivity index (χ0n) is 15.3. The van der Waals surface area contributed by atoms with Crippen molar-refractivity contribution in [1.82, 2.24) is 5.16 Å². The number of benzene rings is 1. The van der Waals surface area contributed by atoms with Crippen LogP contribution in [-0.2, 0) is 9.59 Å². The number of carbonyl (C=O) groups excluding carboxylic acids is 2. The molecule has 1 fully saturated rings. The van der Waals surface area contributed by atoms with Crippen molar-refractivity contribution >= 4 is 23.3 Å². The molecule has 1 aliphatic carbocycles. The smallest absolute Gasteiger partial charge is 0.230 e. The molecule has 2 amide bonds. The number of hydrogen-bond donors (Lipinski definition) is 1. The number of anilines is 2. The van der Waals surface area contributed by atoms with Crippen LogP contribution in [-0.4, -0.2) is 23.5 Å². The van der Waals surface area contributed by atoms with Crippen LogP contribution in [0.2, 0.25) is 0 Å². The first-order valence-corrected chi connectivity index (χ1v) is 9.19. The molecule has 6 heteroatoms. The predicted molar refractivity (Wildman–Crippen MR) is 99.8 cm³/mol. The minimum atomic E-state index is -0.0807. The van der Waals surface area contributed by atoms with Gasteiger partial charge in [0.1, 0.15) is 5.76 Å². The van der Waals surface area contributed by atoms with Gasteiger partial charge in [-0.2, -0.15) is 0 Å². The summed E-state index contributed by atoms with van der Waals surface area (Å²) in [6.07, 6.45) is 2.90. The third-order valence-corrected chi connectivity index (χ3v) is 4.98. The number of hydrogen-bond acceptors (Lipinski definition) is 4. The fourth-order valence-corrected chi connectivity index (χ4v) is 3.55. The van der Waals surface area contributed by atoms with Crippen molar-refractivity contribution in [3.63, 3.8) is 0 Å². The summed E-state index contributed by atoms with van der Waals surface area (Å²) in [7, 11) is 0. The topological polar surface area (TPSA) is 75.4 Å². The van der Waals surface area contributed by atoms with Gasteiger partial charge in [-0.15, -0.1) is 0 Å². The predicted octanol–water partition coefficient (Wildman–Crippen LogP) is 3.78. The molecule has 0 aliphatic heterocycles. The van der Waals surface area contributed by atoms with Gasteiger partial charge in [-0.25, -0.2) is 0 Å². The monoisotopic (exact) mass is 355 g/mol. The van der Waals surface area contributed by atoms with E-state index in [1.807, 2.05) is 42.2 Å². The maximum atomic E-state index is 12.9. The molecule has 26 heavy (non-hydrogen) atoms. The summed E-state index contributed by atoms with van der Waals surface area (Å²) >= 11 is 0. The highest BCUT2D eigenvalue weighted by atomic mass is 16.5. The standard InChI is InChI=1S/C20H25N3O3/c1-3-23(17-7-5-4-6-8-17)20(25)16-11-9-15(10-12-16)19(24)21-18-13-14(2)26-22-18/h4-8,13,15-16H,3,9-12H2,1-2H3,(H,21,22,24). The van der Waals surface area contributed by atoms with Gasteiger partial charge in [-0.1, -0.05) is 23.4 Å². The Bertz CT molecular complexity index is 749. The van der Waals surface area contributed by atoms with Gasteiger partial charge < -0.3 is 14.7 Å². The summed E-state index contributed by atoms with van der Waals surface area (Å²) < 4.78 is 4.97. The quantitative estimate of drug-likeness (QED) is 0.885. The maximum absolute atomic E-state index is 12.9. The Morgan fingerprint density at radius 3 is 2.38 bits per heavy atom. The second-order valence-electron chi connectivity index (χ2n) is 6.78. The van der Waals surface area contributed by atoms with Crippen molar-refractivity contribution in [2.24, 2.45) is 11.8 Å². The van der Waals surface area contributed by atoms with E-state index in [0.717, 1.165) is 18.5 Å². The van der Waals surface area contributed by atoms with Gasteiger partial charge in [0.05, 0.1) is 0 Å². The van der Waals surface area contributed by atoms with Gasteiger partial charge >= 0.3 is 0 Å². The van der Waals surface area contributed by atoms with Crippen molar-refractivity contribution in [3.05, 3.63) is 42.2 Å². The van der Waals surface area contributed by atoms with E-state index in [9.17, 15) is 9.59 Å². The minimum absolute atomic E-state index is 0.0199. The summed E-state index contributed by atoms with van der Waals surface area (Å²) in [5, 5.41) is 6.59. The summed E-state index contributed by atoms with van der Waals surface area (Å²) in [5.41, 5.74) is 0.932. The molecule has 1 heterocycles. The number of rotatable bonds is 5. The van der Waals surface area contributed by atoms with Crippen LogP contribution in [0.15, 0.2) is 40.9 Å². The lowest BCUT2D eigenvalue weighted by atomic mass is 9.81. The fraction of sp³-hybridized carbons (Fsp3) is 0.450. The first kappa shape index (κ1) is 18.2. The molecule has 2 aromatic rings. The highest BCUT2D eigenvalue weighted by Gasteiger charge is 2.32. The molecular weight excluding hydrogens is 330 g/mol. The molecule has 1 aliphatic rings. The molecule has 6 nitrogen and oxygen atoms in total. The lowest BCUT2D eigenvalue weighted by Crippen LogP contribution is -2.39. The van der Waals surface area contributed by atoms with Gasteiger partial charge in [-0.05, 0) is 51.7 Å². The third kappa shape index (κ3) is 4.12. The third-order valence-electron chi connectivity index (χ3n) is 4.98. The molecule has 1 saturated carbocycles. The number of nitrogens with zero attached hydrogens (tertiary/aromatic N) is 2. The number of para-hydroxylation sites is 1. The van der Waals surface area contributed by atoms with Crippen LogP contribution in [0.5, 0.6) is 0 Å². The molecule has 0 radical (unpaired) electrons. The van der Waals surface area contributed by atoms with E-state index in [4.69, 9.17) is 4.52 Å². The van der Waals surface area contributed by atoms with Crippen molar-refractivity contribution in [2.75, 3.05) is 16.8 Å². The number of carbonyl (C=O) groups is 2. The van der Waals surface area contributed by atoms with E-state index in [-0.39, 0.29) is 23.7 Å². The molecule has 0 unspecified atom stereocenters. The second-order valence-corrected chi connectivity index (χ2v) is 6.78. The number of aryl methyl sites for hydroxylation is 1. The summed E-state index contributed by atoms with van der Waals surface area (Å²) in [6.45, 7) is 4.42. The zero-order valence-corrected chi connectivity index (χ0v) is 15.3. The average Bonchev–Trinajstić information content (AvgIpc) is 3.08. The van der Waals surface area contributed by atoms with Crippen LogP contribution in [0.1, 0.15) is 38.4 Å². The SMILES string of the molecule is CCN(C(=O)C1CCC(C(=O)Nc2cc(C)on2)CC1)c1ccccc1. The van der Waals surface area contributed by atoms with Gasteiger partial charge in [0, 0.05) is 30.1 Å². The van der Waals surface area contributed by atoms with Crippen molar-refractivity contribution < 1.29 is 14.1 Å². The molecule has 1 aromatic carbocycles. The van der Waals surface area contributed by atoms with E-state index in [0.29, 0.717) is 31.0 Å². The molecule has 0 atom stereocenters. The van der Waals surface area contributed by atoms with Gasteiger partial charge in [0.15, 0.2) is 5.82 Å². The largest absolute Gasteiger partial charge is 0.360 e. The minimum Gasteiger partial charge on any atom is -0.360 e. The maximum Gasteiger partial charge on any atom is 0.230 e. The number of amides is 2. The summed E-state index contributed by atoms with van der Waals surface area (Å²) in [5.74, 6) is 1.13. The Balaban J connectivity index is 1.55. The Labute approximate surface area is 153 Å². The molecule has 3 rings (SSSR count). The van der Waals surface area contributed by atoms with Crippen LogP contribution in [0.25, 0.3) is 0 Å². The summed E-state index contributed by atoms with van der Waals surface area (Å²) in [4.78, 5) is 27.1. The Kier molecular flexibility index (Phi) is 5.71. The van der Waals surface area contributed by atoms with Crippen LogP contribution < -0.4 is 10.2 Å². The highest BCUT2D eigenvalue weighted by Crippen LogP contribution is 2.32. The van der Waals surface area contributed by atoms with E-state index in [2.05, 4.69) is 10.5 Å². The van der Waals surface area contributed by atoms with E-state index in [1.165, 1.54) is 0 Å². The number of nitrogens with one attached hydrogen (secondary N) is 1. The van der Waals surface area contributed by atoms with E-state index < -0.39 is 0 Å². The average molecular weight is 355 g/mol. The van der Waals surface area contributed by atoms with Gasteiger partial charge in [0.2, 0.25) is 11.8 Å².